The zero-order valence-corrected chi connectivity index (χ0v) is 16.7. The van der Waals surface area contributed by atoms with Crippen molar-refractivity contribution in [2.24, 2.45) is 4.99 Å². The Labute approximate surface area is 161 Å². The lowest BCUT2D eigenvalue weighted by molar-refractivity contribution is 0.632. The minimum Gasteiger partial charge on any atom is -0.357 e. The first-order valence-corrected chi connectivity index (χ1v) is 8.26. The Hall–Kier alpha value is -1.64. The van der Waals surface area contributed by atoms with Gasteiger partial charge in [0.2, 0.25) is 0 Å². The van der Waals surface area contributed by atoms with E-state index in [2.05, 4.69) is 68.5 Å². The van der Waals surface area contributed by atoms with Crippen molar-refractivity contribution in [1.82, 2.24) is 25.4 Å². The molecule has 24 heavy (non-hydrogen) atoms. The van der Waals surface area contributed by atoms with Crippen molar-refractivity contribution in [2.75, 3.05) is 19.6 Å². The minimum absolute atomic E-state index is 0. The number of aryl methyl sites for hydroxylation is 1. The lowest BCUT2D eigenvalue weighted by Gasteiger charge is -2.12. The number of rotatable bonds is 8. The molecular weight excluding hydrogens is 415 g/mol. The maximum Gasteiger partial charge on any atom is 0.191 e. The maximum absolute atomic E-state index is 4.62. The second-order valence-corrected chi connectivity index (χ2v) is 5.22. The van der Waals surface area contributed by atoms with Gasteiger partial charge in [-0.1, -0.05) is 37.3 Å². The molecule has 7 heteroatoms. The second kappa shape index (κ2) is 11.8. The Kier molecular flexibility index (Phi) is 10.1. The number of guanidine groups is 1. The molecule has 0 saturated heterocycles. The molecule has 0 saturated carbocycles. The van der Waals surface area contributed by atoms with Crippen molar-refractivity contribution in [3.8, 4) is 0 Å². The number of aromatic nitrogens is 3. The van der Waals surface area contributed by atoms with Crippen molar-refractivity contribution in [2.45, 2.75) is 33.2 Å². The predicted molar refractivity (Wildman–Crippen MR) is 109 cm³/mol. The normalized spacial score (nSPS) is 11.0. The molecule has 0 fully saturated rings. The number of nitrogens with one attached hydrogen (secondary N) is 2. The van der Waals surface area contributed by atoms with Crippen molar-refractivity contribution >= 4 is 29.9 Å². The molecule has 0 spiro atoms. The summed E-state index contributed by atoms with van der Waals surface area (Å²) in [7, 11) is 0. The highest BCUT2D eigenvalue weighted by molar-refractivity contribution is 14.0. The number of halogens is 1. The highest BCUT2D eigenvalue weighted by atomic mass is 127. The first-order valence-electron chi connectivity index (χ1n) is 8.26. The van der Waals surface area contributed by atoms with Crippen molar-refractivity contribution in [1.29, 1.82) is 0 Å². The van der Waals surface area contributed by atoms with Crippen LogP contribution < -0.4 is 10.6 Å². The van der Waals surface area contributed by atoms with Gasteiger partial charge in [-0.25, -0.2) is 0 Å². The van der Waals surface area contributed by atoms with Crippen LogP contribution in [0.3, 0.4) is 0 Å². The topological polar surface area (TPSA) is 67.1 Å². The fourth-order valence-corrected chi connectivity index (χ4v) is 2.32. The lowest BCUT2D eigenvalue weighted by atomic mass is 10.2. The third kappa shape index (κ3) is 6.86. The van der Waals surface area contributed by atoms with E-state index in [1.165, 1.54) is 5.56 Å². The Bertz CT molecular complexity index is 596. The van der Waals surface area contributed by atoms with Gasteiger partial charge in [0.25, 0.3) is 0 Å². The van der Waals surface area contributed by atoms with Crippen LogP contribution >= 0.6 is 24.0 Å². The lowest BCUT2D eigenvalue weighted by Crippen LogP contribution is -2.39. The van der Waals surface area contributed by atoms with Crippen LogP contribution in [0.5, 0.6) is 0 Å². The van der Waals surface area contributed by atoms with E-state index in [0.29, 0.717) is 0 Å². The molecule has 0 unspecified atom stereocenters. The van der Waals surface area contributed by atoms with Gasteiger partial charge in [-0.3, -0.25) is 4.99 Å². The molecular formula is C17H27IN6. The molecule has 0 amide bonds. The van der Waals surface area contributed by atoms with E-state index in [-0.39, 0.29) is 24.0 Å². The number of benzene rings is 1. The van der Waals surface area contributed by atoms with Gasteiger partial charge in [0.05, 0.1) is 0 Å². The highest BCUT2D eigenvalue weighted by Gasteiger charge is 2.02. The first kappa shape index (κ1) is 20.4. The summed E-state index contributed by atoms with van der Waals surface area (Å²) in [6, 6.07) is 10.4. The average molecular weight is 442 g/mol. The molecule has 1 aromatic heterocycles. The van der Waals surface area contributed by atoms with E-state index in [0.717, 1.165) is 50.8 Å². The SMILES string of the molecule is CCNC(=NCCc1ccccc1)NCCn1cnnc1CC.I. The molecule has 132 valence electrons. The van der Waals surface area contributed by atoms with Crippen LogP contribution in [0.4, 0.5) is 0 Å². The summed E-state index contributed by atoms with van der Waals surface area (Å²) in [6.07, 6.45) is 3.62. The Balaban J connectivity index is 0.00000288. The van der Waals surface area contributed by atoms with E-state index in [1.807, 2.05) is 6.07 Å². The quantitative estimate of drug-likeness (QED) is 0.374. The number of hydrogen-bond acceptors (Lipinski definition) is 3. The summed E-state index contributed by atoms with van der Waals surface area (Å²) < 4.78 is 2.07. The smallest absolute Gasteiger partial charge is 0.191 e. The summed E-state index contributed by atoms with van der Waals surface area (Å²) in [5.74, 6) is 1.87. The van der Waals surface area contributed by atoms with Crippen LogP contribution in [0, 0.1) is 0 Å². The van der Waals surface area contributed by atoms with Gasteiger partial charge in [0.1, 0.15) is 12.2 Å². The standard InChI is InChI=1S/C17H26N6.HI/c1-3-16-22-21-14-23(16)13-12-20-17(18-4-2)19-11-10-15-8-6-5-7-9-15;/h5-9,14H,3-4,10-13H2,1-2H3,(H2,18,19,20);1H. The molecule has 0 aliphatic heterocycles. The van der Waals surface area contributed by atoms with Crippen LogP contribution in [-0.4, -0.2) is 40.4 Å². The van der Waals surface area contributed by atoms with Crippen LogP contribution in [-0.2, 0) is 19.4 Å². The van der Waals surface area contributed by atoms with Crippen LogP contribution in [0.15, 0.2) is 41.7 Å². The Morgan fingerprint density at radius 3 is 2.67 bits per heavy atom. The molecule has 0 atom stereocenters. The maximum atomic E-state index is 4.62. The van der Waals surface area contributed by atoms with E-state index in [1.54, 1.807) is 6.33 Å². The van der Waals surface area contributed by atoms with Gasteiger partial charge in [0, 0.05) is 32.6 Å². The van der Waals surface area contributed by atoms with Crippen LogP contribution in [0.25, 0.3) is 0 Å². The molecule has 0 radical (unpaired) electrons. The summed E-state index contributed by atoms with van der Waals surface area (Å²) in [4.78, 5) is 4.62. The molecule has 2 rings (SSSR count). The minimum atomic E-state index is 0. The fourth-order valence-electron chi connectivity index (χ4n) is 2.32. The molecule has 2 aromatic rings. The molecule has 6 nitrogen and oxygen atoms in total. The molecule has 2 N–H and O–H groups in total. The molecule has 0 aliphatic carbocycles. The van der Waals surface area contributed by atoms with E-state index >= 15 is 0 Å². The van der Waals surface area contributed by atoms with Gasteiger partial charge in [0.15, 0.2) is 5.96 Å². The predicted octanol–water partition coefficient (Wildman–Crippen LogP) is 2.26. The Morgan fingerprint density at radius 2 is 1.96 bits per heavy atom. The largest absolute Gasteiger partial charge is 0.357 e. The van der Waals surface area contributed by atoms with Crippen molar-refractivity contribution < 1.29 is 0 Å². The summed E-state index contributed by atoms with van der Waals surface area (Å²) in [6.45, 7) is 7.41. The van der Waals surface area contributed by atoms with Gasteiger partial charge in [-0.05, 0) is 18.9 Å². The van der Waals surface area contributed by atoms with E-state index in [9.17, 15) is 0 Å². The van der Waals surface area contributed by atoms with Gasteiger partial charge in [-0.2, -0.15) is 0 Å². The molecule has 1 heterocycles. The molecule has 0 bridgehead atoms. The van der Waals surface area contributed by atoms with Crippen LogP contribution in [0.1, 0.15) is 25.2 Å². The van der Waals surface area contributed by atoms with E-state index in [4.69, 9.17) is 0 Å². The fraction of sp³-hybridized carbons (Fsp3) is 0.471. The summed E-state index contributed by atoms with van der Waals surface area (Å²) >= 11 is 0. The highest BCUT2D eigenvalue weighted by Crippen LogP contribution is 1.99. The molecule has 0 aliphatic rings. The number of hydrogen-bond donors (Lipinski definition) is 2. The van der Waals surface area contributed by atoms with Gasteiger partial charge in [-0.15, -0.1) is 34.2 Å². The van der Waals surface area contributed by atoms with Gasteiger partial charge < -0.3 is 15.2 Å². The zero-order valence-electron chi connectivity index (χ0n) is 14.4. The summed E-state index contributed by atoms with van der Waals surface area (Å²) in [5.41, 5.74) is 1.31. The third-order valence-corrected chi connectivity index (χ3v) is 3.51. The van der Waals surface area contributed by atoms with Crippen molar-refractivity contribution in [3.63, 3.8) is 0 Å². The Morgan fingerprint density at radius 1 is 1.17 bits per heavy atom. The average Bonchev–Trinajstić information content (AvgIpc) is 3.03. The third-order valence-electron chi connectivity index (χ3n) is 3.51. The van der Waals surface area contributed by atoms with Crippen molar-refractivity contribution in [3.05, 3.63) is 48.0 Å². The van der Waals surface area contributed by atoms with Gasteiger partial charge >= 0.3 is 0 Å². The monoisotopic (exact) mass is 442 g/mol. The van der Waals surface area contributed by atoms with E-state index < -0.39 is 0 Å². The summed E-state index contributed by atoms with van der Waals surface area (Å²) in [5, 5.41) is 14.7. The first-order chi connectivity index (χ1) is 11.3. The second-order valence-electron chi connectivity index (χ2n) is 5.22. The van der Waals surface area contributed by atoms with Crippen LogP contribution in [0.2, 0.25) is 0 Å². The zero-order chi connectivity index (χ0) is 16.3. The number of nitrogens with zero attached hydrogens (tertiary/aromatic N) is 4. The molecule has 1 aromatic carbocycles. The number of aliphatic imine (C=N–C) groups is 1.